The van der Waals surface area contributed by atoms with Crippen LogP contribution in [0.25, 0.3) is 11.3 Å². The van der Waals surface area contributed by atoms with Gasteiger partial charge in [0, 0.05) is 28.3 Å². The summed E-state index contributed by atoms with van der Waals surface area (Å²) < 4.78 is 80.1. The van der Waals surface area contributed by atoms with Gasteiger partial charge in [0.05, 0.1) is 16.8 Å². The zero-order valence-electron chi connectivity index (χ0n) is 15.3. The van der Waals surface area contributed by atoms with Gasteiger partial charge in [0.1, 0.15) is 6.33 Å². The van der Waals surface area contributed by atoms with E-state index in [0.717, 1.165) is 23.3 Å². The Labute approximate surface area is 170 Å². The van der Waals surface area contributed by atoms with E-state index >= 15 is 0 Å². The summed E-state index contributed by atoms with van der Waals surface area (Å²) in [4.78, 5) is 8.34. The van der Waals surface area contributed by atoms with Gasteiger partial charge in [-0.2, -0.15) is 30.4 Å². The van der Waals surface area contributed by atoms with Crippen LogP contribution in [-0.2, 0) is 17.8 Å². The number of alkyl halides is 6. The number of hydrogen-bond acceptors (Lipinski definition) is 5. The molecule has 0 spiro atoms. The number of rotatable bonds is 3. The Morgan fingerprint density at radius 2 is 1.52 bits per heavy atom. The van der Waals surface area contributed by atoms with E-state index in [9.17, 15) is 26.3 Å². The van der Waals surface area contributed by atoms with Gasteiger partial charge in [-0.15, -0.1) is 16.4 Å². The van der Waals surface area contributed by atoms with Crippen LogP contribution >= 0.6 is 23.3 Å². The zero-order valence-corrected chi connectivity index (χ0v) is 16.9. The average molecular weight is 452 g/mol. The van der Waals surface area contributed by atoms with Crippen molar-refractivity contribution in [2.75, 3.05) is 0 Å². The molecular weight excluding hydrogens is 438 g/mol. The first-order valence-electron chi connectivity index (χ1n) is 8.09. The summed E-state index contributed by atoms with van der Waals surface area (Å²) in [5, 5.41) is 5.69. The Morgan fingerprint density at radius 3 is 2.00 bits per heavy atom. The maximum absolute atomic E-state index is 13.0. The lowest BCUT2D eigenvalue weighted by Gasteiger charge is -2.13. The fourth-order valence-corrected chi connectivity index (χ4v) is 3.86. The lowest BCUT2D eigenvalue weighted by atomic mass is 9.96. The maximum Gasteiger partial charge on any atom is 0.416 e. The van der Waals surface area contributed by atoms with Crippen molar-refractivity contribution in [3.63, 3.8) is 0 Å². The van der Waals surface area contributed by atoms with Gasteiger partial charge < -0.3 is 0 Å². The van der Waals surface area contributed by atoms with Crippen molar-refractivity contribution in [2.45, 2.75) is 42.9 Å². The van der Waals surface area contributed by atoms with E-state index in [4.69, 9.17) is 0 Å². The van der Waals surface area contributed by atoms with Crippen LogP contribution in [0.2, 0.25) is 0 Å². The van der Waals surface area contributed by atoms with Gasteiger partial charge in [0.2, 0.25) is 0 Å². The molecule has 0 saturated heterocycles. The number of thiazole rings is 1. The first-order chi connectivity index (χ1) is 13.2. The third-order valence-electron chi connectivity index (χ3n) is 3.68. The highest BCUT2D eigenvalue weighted by Gasteiger charge is 2.37. The van der Waals surface area contributed by atoms with Crippen LogP contribution in [0, 0.1) is 0 Å². The van der Waals surface area contributed by atoms with Gasteiger partial charge in [-0.1, -0.05) is 20.8 Å². The summed E-state index contributed by atoms with van der Waals surface area (Å²) >= 11 is 2.15. The second-order valence-corrected chi connectivity index (χ2v) is 9.17. The topological polar surface area (TPSA) is 43.6 Å². The van der Waals surface area contributed by atoms with Gasteiger partial charge in [0.25, 0.3) is 0 Å². The molecule has 0 unspecified atom stereocenters. The molecule has 12 heteroatoms. The predicted molar refractivity (Wildman–Crippen MR) is 97.5 cm³/mol. The zero-order chi connectivity index (χ0) is 21.6. The van der Waals surface area contributed by atoms with Crippen LogP contribution in [-0.4, -0.2) is 19.2 Å². The third-order valence-corrected chi connectivity index (χ3v) is 5.44. The monoisotopic (exact) mass is 452 g/mol. The van der Waals surface area contributed by atoms with Gasteiger partial charge >= 0.3 is 12.4 Å². The molecule has 4 nitrogen and oxygen atoms in total. The fourth-order valence-electron chi connectivity index (χ4n) is 2.25. The molecule has 0 atom stereocenters. The van der Waals surface area contributed by atoms with Gasteiger partial charge in [-0.05, 0) is 18.2 Å². The standard InChI is InChI=1S/C17H14F6N4S2/c1-15(2,3)13-24-8-27(26-13)29-14-25-12(7-28-14)9-4-10(16(18,19)20)6-11(5-9)17(21,22)23/h4-8H,1-3H3. The molecular formula is C17H14F6N4S2. The van der Waals surface area contributed by atoms with Gasteiger partial charge in [-0.3, -0.25) is 0 Å². The highest BCUT2D eigenvalue weighted by molar-refractivity contribution is 7.99. The normalized spacial score (nSPS) is 13.1. The molecule has 3 rings (SSSR count). The van der Waals surface area contributed by atoms with Gasteiger partial charge in [-0.25, -0.2) is 9.97 Å². The van der Waals surface area contributed by atoms with Gasteiger partial charge in [0.15, 0.2) is 10.2 Å². The molecule has 2 heterocycles. The average Bonchev–Trinajstić information content (AvgIpc) is 3.22. The van der Waals surface area contributed by atoms with Crippen molar-refractivity contribution >= 4 is 23.3 Å². The Morgan fingerprint density at radius 1 is 0.931 bits per heavy atom. The maximum atomic E-state index is 13.0. The number of hydrogen-bond donors (Lipinski definition) is 0. The molecule has 0 bridgehead atoms. The minimum atomic E-state index is -4.91. The molecule has 0 radical (unpaired) electrons. The Hall–Kier alpha value is -2.08. The number of nitrogens with zero attached hydrogens (tertiary/aromatic N) is 4. The molecule has 0 aliphatic carbocycles. The van der Waals surface area contributed by atoms with Crippen LogP contribution in [0.15, 0.2) is 34.2 Å². The minimum Gasteiger partial charge on any atom is -0.228 e. The SMILES string of the molecule is CC(C)(C)c1ncn(Sc2nc(-c3cc(C(F)(F)F)cc(C(F)(F)F)c3)cs2)n1. The molecule has 0 aliphatic rings. The van der Waals surface area contributed by atoms with Crippen LogP contribution in [0.4, 0.5) is 26.3 Å². The van der Waals surface area contributed by atoms with Crippen LogP contribution in [0.1, 0.15) is 37.7 Å². The summed E-state index contributed by atoms with van der Waals surface area (Å²) in [6.45, 7) is 5.81. The van der Waals surface area contributed by atoms with Crippen molar-refractivity contribution in [3.05, 3.63) is 46.9 Å². The van der Waals surface area contributed by atoms with E-state index in [1.54, 1.807) is 0 Å². The molecule has 0 N–H and O–H groups in total. The molecule has 1 aromatic carbocycles. The largest absolute Gasteiger partial charge is 0.416 e. The summed E-state index contributed by atoms with van der Waals surface area (Å²) in [6.07, 6.45) is -8.35. The Balaban J connectivity index is 1.92. The van der Waals surface area contributed by atoms with Crippen molar-refractivity contribution in [1.29, 1.82) is 0 Å². The Kier molecular flexibility index (Phi) is 5.45. The molecule has 0 amide bonds. The quantitative estimate of drug-likeness (QED) is 0.438. The summed E-state index contributed by atoms with van der Waals surface area (Å²) in [6, 6.07) is 1.41. The summed E-state index contributed by atoms with van der Waals surface area (Å²) in [7, 11) is 0. The molecule has 0 aliphatic heterocycles. The van der Waals surface area contributed by atoms with Crippen molar-refractivity contribution in [2.24, 2.45) is 0 Å². The Bertz CT molecular complexity index is 982. The van der Waals surface area contributed by atoms with E-state index in [1.807, 2.05) is 20.8 Å². The first-order valence-corrected chi connectivity index (χ1v) is 9.75. The highest BCUT2D eigenvalue weighted by atomic mass is 32.2. The van der Waals surface area contributed by atoms with E-state index < -0.39 is 23.5 Å². The second-order valence-electron chi connectivity index (χ2n) is 7.11. The molecule has 29 heavy (non-hydrogen) atoms. The van der Waals surface area contributed by atoms with E-state index in [-0.39, 0.29) is 22.7 Å². The van der Waals surface area contributed by atoms with E-state index in [0.29, 0.717) is 22.3 Å². The molecule has 3 aromatic rings. The van der Waals surface area contributed by atoms with Crippen LogP contribution < -0.4 is 0 Å². The number of aromatic nitrogens is 4. The lowest BCUT2D eigenvalue weighted by Crippen LogP contribution is -2.13. The minimum absolute atomic E-state index is 0.0188. The van der Waals surface area contributed by atoms with E-state index in [2.05, 4.69) is 15.1 Å². The van der Waals surface area contributed by atoms with Crippen molar-refractivity contribution in [1.82, 2.24) is 19.2 Å². The molecule has 0 fully saturated rings. The predicted octanol–water partition coefficient (Wildman–Crippen LogP) is 6.29. The fraction of sp³-hybridized carbons (Fsp3) is 0.353. The molecule has 156 valence electrons. The number of benzene rings is 1. The van der Waals surface area contributed by atoms with Crippen LogP contribution in [0.3, 0.4) is 0 Å². The third kappa shape index (κ3) is 5.10. The van der Waals surface area contributed by atoms with Crippen molar-refractivity contribution in [3.8, 4) is 11.3 Å². The smallest absolute Gasteiger partial charge is 0.228 e. The highest BCUT2D eigenvalue weighted by Crippen LogP contribution is 2.39. The first kappa shape index (κ1) is 21.6. The van der Waals surface area contributed by atoms with Crippen molar-refractivity contribution < 1.29 is 26.3 Å². The summed E-state index contributed by atoms with van der Waals surface area (Å²) in [5.74, 6) is 0.592. The number of halogens is 6. The second kappa shape index (κ2) is 7.31. The summed E-state index contributed by atoms with van der Waals surface area (Å²) in [5.41, 5.74) is -3.27. The van der Waals surface area contributed by atoms with E-state index in [1.165, 1.54) is 15.8 Å². The van der Waals surface area contributed by atoms with Crippen LogP contribution in [0.5, 0.6) is 0 Å². The molecule has 0 saturated carbocycles. The lowest BCUT2D eigenvalue weighted by molar-refractivity contribution is -0.143. The molecule has 2 aromatic heterocycles.